The zero-order chi connectivity index (χ0) is 14.7. The molecule has 5 heteroatoms. The van der Waals surface area contributed by atoms with Crippen molar-refractivity contribution in [2.45, 2.75) is 19.4 Å². The van der Waals surface area contributed by atoms with Gasteiger partial charge in [-0.05, 0) is 54.3 Å². The van der Waals surface area contributed by atoms with Gasteiger partial charge in [0.15, 0.2) is 0 Å². The maximum Gasteiger partial charge on any atom is 0.123 e. The quantitative estimate of drug-likeness (QED) is 0.588. The summed E-state index contributed by atoms with van der Waals surface area (Å²) in [7, 11) is 0. The minimum absolute atomic E-state index is 0.0402. The molecule has 0 saturated carbocycles. The Labute approximate surface area is 134 Å². The van der Waals surface area contributed by atoms with Gasteiger partial charge in [-0.2, -0.15) is 0 Å². The summed E-state index contributed by atoms with van der Waals surface area (Å²) in [5.74, 6) is 5.47. The molecular weight excluding hydrogens is 387 g/mol. The molecule has 0 radical (unpaired) electrons. The van der Waals surface area contributed by atoms with Crippen molar-refractivity contribution >= 4 is 31.9 Å². The second-order valence-corrected chi connectivity index (χ2v) is 6.43. The fourth-order valence-corrected chi connectivity index (χ4v) is 3.47. The maximum absolute atomic E-state index is 13.1. The molecule has 0 amide bonds. The molecule has 0 aliphatic carbocycles. The molecule has 106 valence electrons. The lowest BCUT2D eigenvalue weighted by molar-refractivity contribution is 0.547. The number of hydrogen-bond donors (Lipinski definition) is 2. The summed E-state index contributed by atoms with van der Waals surface area (Å²) < 4.78 is 15.1. The molecule has 20 heavy (non-hydrogen) atoms. The van der Waals surface area contributed by atoms with Crippen LogP contribution < -0.4 is 11.3 Å². The third-order valence-electron chi connectivity index (χ3n) is 3.27. The van der Waals surface area contributed by atoms with Crippen molar-refractivity contribution in [3.63, 3.8) is 0 Å². The molecule has 0 aliphatic rings. The SMILES string of the molecule is Cc1cc(F)ccc1CC(NN)c1ccc(Br)cc1Br. The van der Waals surface area contributed by atoms with Crippen LogP contribution in [0.2, 0.25) is 0 Å². The highest BCUT2D eigenvalue weighted by atomic mass is 79.9. The lowest BCUT2D eigenvalue weighted by Crippen LogP contribution is -2.30. The van der Waals surface area contributed by atoms with E-state index >= 15 is 0 Å². The first kappa shape index (κ1) is 15.6. The highest BCUT2D eigenvalue weighted by molar-refractivity contribution is 9.11. The number of nitrogens with two attached hydrogens (primary N) is 1. The van der Waals surface area contributed by atoms with Crippen LogP contribution in [0, 0.1) is 12.7 Å². The first-order chi connectivity index (χ1) is 9.51. The van der Waals surface area contributed by atoms with Crippen LogP contribution in [0.3, 0.4) is 0 Å². The molecule has 0 spiro atoms. The lowest BCUT2D eigenvalue weighted by atomic mass is 9.96. The second kappa shape index (κ2) is 6.80. The maximum atomic E-state index is 13.1. The minimum Gasteiger partial charge on any atom is -0.271 e. The lowest BCUT2D eigenvalue weighted by Gasteiger charge is -2.19. The Balaban J connectivity index is 2.28. The monoisotopic (exact) mass is 400 g/mol. The van der Waals surface area contributed by atoms with Crippen LogP contribution >= 0.6 is 31.9 Å². The van der Waals surface area contributed by atoms with Crippen LogP contribution in [0.1, 0.15) is 22.7 Å². The number of hydrogen-bond acceptors (Lipinski definition) is 2. The number of benzene rings is 2. The van der Waals surface area contributed by atoms with Gasteiger partial charge < -0.3 is 0 Å². The molecule has 2 nitrogen and oxygen atoms in total. The number of hydrazine groups is 1. The zero-order valence-corrected chi connectivity index (χ0v) is 14.1. The molecule has 0 saturated heterocycles. The molecule has 0 bridgehead atoms. The molecular formula is C15H15Br2FN2. The Morgan fingerprint density at radius 2 is 1.95 bits per heavy atom. The summed E-state index contributed by atoms with van der Waals surface area (Å²) in [6, 6.07) is 10.8. The van der Waals surface area contributed by atoms with E-state index in [-0.39, 0.29) is 11.9 Å². The summed E-state index contributed by atoms with van der Waals surface area (Å²) in [5, 5.41) is 0. The molecule has 3 N–H and O–H groups in total. The second-order valence-electron chi connectivity index (χ2n) is 4.66. The van der Waals surface area contributed by atoms with Gasteiger partial charge in [0.1, 0.15) is 5.82 Å². The van der Waals surface area contributed by atoms with E-state index in [0.717, 1.165) is 25.6 Å². The molecule has 1 atom stereocenters. The normalized spacial score (nSPS) is 12.4. The van der Waals surface area contributed by atoms with Crippen LogP contribution in [-0.4, -0.2) is 0 Å². The highest BCUT2D eigenvalue weighted by Gasteiger charge is 2.15. The molecule has 0 heterocycles. The summed E-state index contributed by atoms with van der Waals surface area (Å²) in [6.45, 7) is 1.91. The van der Waals surface area contributed by atoms with Gasteiger partial charge in [-0.1, -0.05) is 44.0 Å². The summed E-state index contributed by atoms with van der Waals surface area (Å²) in [6.07, 6.45) is 0.697. The first-order valence-corrected chi connectivity index (χ1v) is 7.76. The van der Waals surface area contributed by atoms with Crippen LogP contribution in [-0.2, 0) is 6.42 Å². The van der Waals surface area contributed by atoms with E-state index < -0.39 is 0 Å². The van der Waals surface area contributed by atoms with E-state index in [0.29, 0.717) is 6.42 Å². The largest absolute Gasteiger partial charge is 0.271 e. The molecule has 0 aromatic heterocycles. The van der Waals surface area contributed by atoms with Crippen LogP contribution in [0.4, 0.5) is 4.39 Å². The predicted octanol–water partition coefficient (Wildman–Crippen LogP) is 4.41. The number of rotatable bonds is 4. The Kier molecular flexibility index (Phi) is 5.32. The van der Waals surface area contributed by atoms with E-state index in [2.05, 4.69) is 37.3 Å². The molecule has 2 aromatic rings. The van der Waals surface area contributed by atoms with E-state index in [1.807, 2.05) is 31.2 Å². The third-order valence-corrected chi connectivity index (χ3v) is 4.45. The number of halogens is 3. The third kappa shape index (κ3) is 3.67. The van der Waals surface area contributed by atoms with E-state index in [9.17, 15) is 4.39 Å². The average molecular weight is 402 g/mol. The Bertz CT molecular complexity index is 617. The van der Waals surface area contributed by atoms with Crippen molar-refractivity contribution < 1.29 is 4.39 Å². The van der Waals surface area contributed by atoms with Crippen molar-refractivity contribution in [3.05, 3.63) is 67.9 Å². The zero-order valence-electron chi connectivity index (χ0n) is 11.0. The highest BCUT2D eigenvalue weighted by Crippen LogP contribution is 2.29. The Morgan fingerprint density at radius 3 is 2.55 bits per heavy atom. The van der Waals surface area contributed by atoms with Gasteiger partial charge in [-0.25, -0.2) is 4.39 Å². The van der Waals surface area contributed by atoms with E-state index in [1.54, 1.807) is 6.07 Å². The van der Waals surface area contributed by atoms with Crippen molar-refractivity contribution in [3.8, 4) is 0 Å². The van der Waals surface area contributed by atoms with Gasteiger partial charge in [0.2, 0.25) is 0 Å². The van der Waals surface area contributed by atoms with Crippen LogP contribution in [0.15, 0.2) is 45.3 Å². The van der Waals surface area contributed by atoms with Crippen LogP contribution in [0.5, 0.6) is 0 Å². The van der Waals surface area contributed by atoms with Gasteiger partial charge in [-0.15, -0.1) is 0 Å². The standard InChI is InChI=1S/C15H15Br2FN2/c1-9-6-12(18)4-2-10(9)7-15(20-19)13-5-3-11(16)8-14(13)17/h2-6,8,15,20H,7,19H2,1H3. The predicted molar refractivity (Wildman–Crippen MR) is 86.7 cm³/mol. The van der Waals surface area contributed by atoms with Gasteiger partial charge >= 0.3 is 0 Å². The molecule has 1 unspecified atom stereocenters. The topological polar surface area (TPSA) is 38.0 Å². The van der Waals surface area contributed by atoms with Crippen molar-refractivity contribution in [2.75, 3.05) is 0 Å². The average Bonchev–Trinajstić information content (AvgIpc) is 2.39. The van der Waals surface area contributed by atoms with Gasteiger partial charge in [-0.3, -0.25) is 11.3 Å². The summed E-state index contributed by atoms with van der Waals surface area (Å²) >= 11 is 6.98. The first-order valence-electron chi connectivity index (χ1n) is 6.17. The molecule has 2 aromatic carbocycles. The van der Waals surface area contributed by atoms with Crippen LogP contribution in [0.25, 0.3) is 0 Å². The van der Waals surface area contributed by atoms with E-state index in [4.69, 9.17) is 5.84 Å². The molecule has 0 fully saturated rings. The van der Waals surface area contributed by atoms with Crippen molar-refractivity contribution in [1.82, 2.24) is 5.43 Å². The summed E-state index contributed by atoms with van der Waals surface area (Å²) in [5.41, 5.74) is 5.90. The fraction of sp³-hybridized carbons (Fsp3) is 0.200. The van der Waals surface area contributed by atoms with Crippen molar-refractivity contribution in [2.24, 2.45) is 5.84 Å². The smallest absolute Gasteiger partial charge is 0.123 e. The van der Waals surface area contributed by atoms with Crippen molar-refractivity contribution in [1.29, 1.82) is 0 Å². The Morgan fingerprint density at radius 1 is 1.20 bits per heavy atom. The number of aryl methyl sites for hydroxylation is 1. The Hall–Kier alpha value is -0.750. The van der Waals surface area contributed by atoms with Gasteiger partial charge in [0.05, 0.1) is 6.04 Å². The molecule has 2 rings (SSSR count). The van der Waals surface area contributed by atoms with Gasteiger partial charge in [0, 0.05) is 8.95 Å². The fourth-order valence-electron chi connectivity index (χ4n) is 2.15. The minimum atomic E-state index is -0.215. The van der Waals surface area contributed by atoms with Gasteiger partial charge in [0.25, 0.3) is 0 Å². The van der Waals surface area contributed by atoms with E-state index in [1.165, 1.54) is 6.07 Å². The summed E-state index contributed by atoms with van der Waals surface area (Å²) in [4.78, 5) is 0. The molecule has 0 aliphatic heterocycles. The number of nitrogens with one attached hydrogen (secondary N) is 1.